The number of terminal acetylenes is 1. The van der Waals surface area contributed by atoms with Gasteiger partial charge in [-0.3, -0.25) is 9.69 Å². The van der Waals surface area contributed by atoms with Crippen LogP contribution in [0.1, 0.15) is 19.4 Å². The van der Waals surface area contributed by atoms with Crippen LogP contribution in [0, 0.1) is 12.3 Å². The van der Waals surface area contributed by atoms with Gasteiger partial charge < -0.3 is 14.6 Å². The topological polar surface area (TPSA) is 59.0 Å². The first-order chi connectivity index (χ1) is 9.62. The molecule has 1 aliphatic rings. The number of nitrogens with zero attached hydrogens (tertiary/aromatic N) is 1. The van der Waals surface area contributed by atoms with E-state index in [1.807, 2.05) is 6.92 Å². The van der Waals surface area contributed by atoms with E-state index in [1.165, 1.54) is 4.90 Å². The Morgan fingerprint density at radius 3 is 2.90 bits per heavy atom. The third-order valence-electron chi connectivity index (χ3n) is 3.03. The summed E-state index contributed by atoms with van der Waals surface area (Å²) in [6.45, 7) is 3.99. The van der Waals surface area contributed by atoms with Crippen LogP contribution in [0.5, 0.6) is 11.5 Å². The van der Waals surface area contributed by atoms with Crippen LogP contribution >= 0.6 is 0 Å². The zero-order valence-electron chi connectivity index (χ0n) is 11.5. The van der Waals surface area contributed by atoms with E-state index in [0.717, 1.165) is 0 Å². The Kier molecular flexibility index (Phi) is 4.16. The molecule has 5 heteroatoms. The number of fused-ring (bicyclic) bond motifs is 1. The fraction of sp³-hybridized carbons (Fsp3) is 0.400. The molecule has 0 saturated carbocycles. The van der Waals surface area contributed by atoms with Crippen LogP contribution < -0.4 is 14.4 Å². The van der Waals surface area contributed by atoms with Crippen molar-refractivity contribution >= 4 is 11.6 Å². The molecular formula is C15H17NO4. The van der Waals surface area contributed by atoms with Crippen molar-refractivity contribution in [3.63, 3.8) is 0 Å². The first-order valence-electron chi connectivity index (χ1n) is 6.44. The van der Waals surface area contributed by atoms with Gasteiger partial charge in [-0.25, -0.2) is 0 Å². The highest BCUT2D eigenvalue weighted by Crippen LogP contribution is 2.42. The van der Waals surface area contributed by atoms with E-state index in [1.54, 1.807) is 19.1 Å². The summed E-state index contributed by atoms with van der Waals surface area (Å²) >= 11 is 0. The molecule has 1 aromatic rings. The lowest BCUT2D eigenvalue weighted by molar-refractivity contribution is -0.125. The zero-order valence-corrected chi connectivity index (χ0v) is 11.5. The van der Waals surface area contributed by atoms with Crippen molar-refractivity contribution in [3.8, 4) is 23.8 Å². The van der Waals surface area contributed by atoms with Gasteiger partial charge in [0, 0.05) is 0 Å². The van der Waals surface area contributed by atoms with Crippen molar-refractivity contribution in [1.29, 1.82) is 0 Å². The molecule has 20 heavy (non-hydrogen) atoms. The molecule has 1 N–H and O–H groups in total. The predicted octanol–water partition coefficient (Wildman–Crippen LogP) is 1.32. The van der Waals surface area contributed by atoms with E-state index in [0.29, 0.717) is 29.4 Å². The first kappa shape index (κ1) is 14.2. The molecule has 2 rings (SSSR count). The van der Waals surface area contributed by atoms with E-state index in [9.17, 15) is 9.90 Å². The van der Waals surface area contributed by atoms with E-state index >= 15 is 0 Å². The van der Waals surface area contributed by atoms with E-state index < -0.39 is 6.10 Å². The average Bonchev–Trinajstić information content (AvgIpc) is 2.44. The van der Waals surface area contributed by atoms with Gasteiger partial charge in [-0.05, 0) is 31.5 Å². The van der Waals surface area contributed by atoms with Crippen molar-refractivity contribution in [2.45, 2.75) is 26.6 Å². The van der Waals surface area contributed by atoms with Gasteiger partial charge in [0.2, 0.25) is 0 Å². The molecule has 1 amide bonds. The third kappa shape index (κ3) is 2.43. The molecule has 1 heterocycles. The Bertz CT molecular complexity index is 562. The van der Waals surface area contributed by atoms with Gasteiger partial charge in [-0.15, -0.1) is 6.42 Å². The number of amides is 1. The maximum absolute atomic E-state index is 12.1. The van der Waals surface area contributed by atoms with Crippen LogP contribution in [0.25, 0.3) is 0 Å². The summed E-state index contributed by atoms with van der Waals surface area (Å²) in [5.74, 6) is 3.27. The van der Waals surface area contributed by atoms with Gasteiger partial charge in [0.15, 0.2) is 17.6 Å². The van der Waals surface area contributed by atoms with Crippen molar-refractivity contribution < 1.29 is 19.4 Å². The lowest BCUT2D eigenvalue weighted by Crippen LogP contribution is -2.44. The summed E-state index contributed by atoms with van der Waals surface area (Å²) in [4.78, 5) is 13.6. The number of rotatable bonds is 4. The molecule has 106 valence electrons. The minimum Gasteiger partial charge on any atom is -0.490 e. The lowest BCUT2D eigenvalue weighted by atomic mass is 10.1. The van der Waals surface area contributed by atoms with E-state index in [4.69, 9.17) is 15.9 Å². The Hall–Kier alpha value is -2.19. The van der Waals surface area contributed by atoms with Crippen molar-refractivity contribution in [1.82, 2.24) is 0 Å². The zero-order chi connectivity index (χ0) is 14.7. The van der Waals surface area contributed by atoms with Gasteiger partial charge >= 0.3 is 0 Å². The number of hydrogen-bond donors (Lipinski definition) is 1. The minimum absolute atomic E-state index is 0.152. The maximum atomic E-state index is 12.1. The summed E-state index contributed by atoms with van der Waals surface area (Å²) < 4.78 is 11.2. The van der Waals surface area contributed by atoms with Crippen LogP contribution in [0.2, 0.25) is 0 Å². The van der Waals surface area contributed by atoms with Crippen LogP contribution in [-0.4, -0.2) is 30.3 Å². The Morgan fingerprint density at radius 1 is 1.55 bits per heavy atom. The number of anilines is 1. The van der Waals surface area contributed by atoms with Crippen LogP contribution in [-0.2, 0) is 11.4 Å². The average molecular weight is 275 g/mol. The molecule has 0 bridgehead atoms. The molecule has 1 aliphatic heterocycles. The maximum Gasteiger partial charge on any atom is 0.268 e. The van der Waals surface area contributed by atoms with Gasteiger partial charge in [-0.2, -0.15) is 0 Å². The summed E-state index contributed by atoms with van der Waals surface area (Å²) in [6, 6.07) is 3.40. The second kappa shape index (κ2) is 5.85. The third-order valence-corrected chi connectivity index (χ3v) is 3.03. The number of benzene rings is 1. The summed E-state index contributed by atoms with van der Waals surface area (Å²) in [7, 11) is 0. The Balaban J connectivity index is 2.57. The molecule has 5 nitrogen and oxygen atoms in total. The van der Waals surface area contributed by atoms with Gasteiger partial charge in [0.05, 0.1) is 25.4 Å². The quantitative estimate of drug-likeness (QED) is 0.842. The largest absolute Gasteiger partial charge is 0.490 e. The minimum atomic E-state index is -0.616. The van der Waals surface area contributed by atoms with Crippen molar-refractivity contribution in [2.75, 3.05) is 18.1 Å². The lowest BCUT2D eigenvalue weighted by Gasteiger charge is -2.33. The number of aliphatic hydroxyl groups is 1. The van der Waals surface area contributed by atoms with Gasteiger partial charge in [0.25, 0.3) is 5.91 Å². The summed E-state index contributed by atoms with van der Waals surface area (Å²) in [5, 5.41) is 9.33. The van der Waals surface area contributed by atoms with Crippen molar-refractivity contribution in [2.24, 2.45) is 0 Å². The SMILES string of the molecule is C#CCN1C(=O)C(C)Oc2c(OCC)cc(CO)cc21. The van der Waals surface area contributed by atoms with Crippen LogP contribution in [0.3, 0.4) is 0 Å². The van der Waals surface area contributed by atoms with E-state index in [-0.39, 0.29) is 19.1 Å². The molecule has 0 spiro atoms. The summed E-state index contributed by atoms with van der Waals surface area (Å²) in [6.07, 6.45) is 4.71. The Labute approximate surface area is 118 Å². The molecule has 0 fully saturated rings. The molecular weight excluding hydrogens is 258 g/mol. The fourth-order valence-corrected chi connectivity index (χ4v) is 2.14. The van der Waals surface area contributed by atoms with E-state index in [2.05, 4.69) is 5.92 Å². The molecule has 0 aromatic heterocycles. The Morgan fingerprint density at radius 2 is 2.30 bits per heavy atom. The van der Waals surface area contributed by atoms with Crippen LogP contribution in [0.4, 0.5) is 5.69 Å². The number of carbonyl (C=O) groups excluding carboxylic acids is 1. The molecule has 1 unspecified atom stereocenters. The number of aliphatic hydroxyl groups excluding tert-OH is 1. The predicted molar refractivity (Wildman–Crippen MR) is 74.8 cm³/mol. The highest BCUT2D eigenvalue weighted by molar-refractivity contribution is 6.01. The van der Waals surface area contributed by atoms with Crippen LogP contribution in [0.15, 0.2) is 12.1 Å². The smallest absolute Gasteiger partial charge is 0.268 e. The number of ether oxygens (including phenoxy) is 2. The molecule has 1 aromatic carbocycles. The van der Waals surface area contributed by atoms with Gasteiger partial charge in [-0.1, -0.05) is 5.92 Å². The summed E-state index contributed by atoms with van der Waals surface area (Å²) in [5.41, 5.74) is 1.18. The standard InChI is InChI=1S/C15H17NO4/c1-4-6-16-12-7-11(9-17)8-13(19-5-2)14(12)20-10(3)15(16)18/h1,7-8,10,17H,5-6,9H2,2-3H3. The highest BCUT2D eigenvalue weighted by Gasteiger charge is 2.33. The van der Waals surface area contributed by atoms with Crippen molar-refractivity contribution in [3.05, 3.63) is 17.7 Å². The fourth-order valence-electron chi connectivity index (χ4n) is 2.14. The first-order valence-corrected chi connectivity index (χ1v) is 6.44. The number of hydrogen-bond acceptors (Lipinski definition) is 4. The molecule has 0 saturated heterocycles. The monoisotopic (exact) mass is 275 g/mol. The second-order valence-electron chi connectivity index (χ2n) is 4.42. The number of carbonyl (C=O) groups is 1. The second-order valence-corrected chi connectivity index (χ2v) is 4.42. The molecule has 0 radical (unpaired) electrons. The highest BCUT2D eigenvalue weighted by atomic mass is 16.5. The molecule has 1 atom stereocenters. The van der Waals surface area contributed by atoms with Gasteiger partial charge in [0.1, 0.15) is 0 Å². The molecule has 0 aliphatic carbocycles. The normalized spacial score (nSPS) is 17.2.